The minimum atomic E-state index is -0.567. The van der Waals surface area contributed by atoms with Gasteiger partial charge < -0.3 is 15.2 Å². The van der Waals surface area contributed by atoms with Crippen LogP contribution >= 0.6 is 23.8 Å². The highest BCUT2D eigenvalue weighted by molar-refractivity contribution is 7.80. The van der Waals surface area contributed by atoms with Crippen molar-refractivity contribution in [1.29, 1.82) is 0 Å². The van der Waals surface area contributed by atoms with E-state index in [1.54, 1.807) is 42.5 Å². The number of rotatable bonds is 6. The van der Waals surface area contributed by atoms with Crippen LogP contribution in [0.3, 0.4) is 0 Å². The Kier molecular flexibility index (Phi) is 6.73. The number of hydrogen-bond acceptors (Lipinski definition) is 5. The van der Waals surface area contributed by atoms with Gasteiger partial charge in [-0.05, 0) is 55.0 Å². The normalized spacial score (nSPS) is 10.5. The highest BCUT2D eigenvalue weighted by atomic mass is 35.5. The average molecular weight is 378 g/mol. The smallest absolute Gasteiger partial charge is 0.345 e. The summed E-state index contributed by atoms with van der Waals surface area (Å²) >= 11 is 10.7. The van der Waals surface area contributed by atoms with Gasteiger partial charge in [0.1, 0.15) is 0 Å². The van der Waals surface area contributed by atoms with Crippen molar-refractivity contribution in [2.24, 2.45) is 10.8 Å². The van der Waals surface area contributed by atoms with Gasteiger partial charge in [-0.1, -0.05) is 23.7 Å². The average Bonchev–Trinajstić information content (AvgIpc) is 2.57. The number of benzene rings is 2. The second-order valence-corrected chi connectivity index (χ2v) is 5.59. The predicted molar refractivity (Wildman–Crippen MR) is 102 cm³/mol. The lowest BCUT2D eigenvalue weighted by molar-refractivity contribution is 0.0728. The molecule has 0 saturated heterocycles. The van der Waals surface area contributed by atoms with E-state index in [0.717, 1.165) is 0 Å². The van der Waals surface area contributed by atoms with Crippen molar-refractivity contribution in [1.82, 2.24) is 5.43 Å². The first-order valence-electron chi connectivity index (χ1n) is 7.33. The molecule has 0 atom stereocenters. The fourth-order valence-corrected chi connectivity index (χ4v) is 2.18. The van der Waals surface area contributed by atoms with E-state index in [1.807, 2.05) is 6.92 Å². The number of ether oxygens (including phenoxy) is 2. The molecule has 0 amide bonds. The van der Waals surface area contributed by atoms with Crippen LogP contribution in [0.15, 0.2) is 47.6 Å². The molecule has 0 unspecified atom stereocenters. The van der Waals surface area contributed by atoms with Crippen LogP contribution in [0.25, 0.3) is 0 Å². The highest BCUT2D eigenvalue weighted by Gasteiger charge is 2.15. The molecule has 2 rings (SSSR count). The summed E-state index contributed by atoms with van der Waals surface area (Å²) in [6.45, 7) is 2.23. The molecule has 0 heterocycles. The van der Waals surface area contributed by atoms with E-state index >= 15 is 0 Å². The molecule has 130 valence electrons. The number of nitrogens with two attached hydrogens (primary N) is 1. The van der Waals surface area contributed by atoms with Crippen LogP contribution in [0.1, 0.15) is 22.8 Å². The molecule has 0 fully saturated rings. The summed E-state index contributed by atoms with van der Waals surface area (Å²) in [5.41, 5.74) is 8.74. The molecule has 25 heavy (non-hydrogen) atoms. The van der Waals surface area contributed by atoms with Crippen LogP contribution in [0.4, 0.5) is 0 Å². The number of hydrogen-bond donors (Lipinski definition) is 2. The zero-order chi connectivity index (χ0) is 18.2. The second kappa shape index (κ2) is 9.00. The Balaban J connectivity index is 2.22. The van der Waals surface area contributed by atoms with E-state index in [4.69, 9.17) is 26.8 Å². The highest BCUT2D eigenvalue weighted by Crippen LogP contribution is 2.29. The maximum absolute atomic E-state index is 12.3. The SMILES string of the molecule is CCOc1cc(C=NNC(N)=S)ccc1OC(=O)c1ccccc1Cl. The lowest BCUT2D eigenvalue weighted by atomic mass is 10.2. The topological polar surface area (TPSA) is 85.9 Å². The summed E-state index contributed by atoms with van der Waals surface area (Å²) in [7, 11) is 0. The van der Waals surface area contributed by atoms with Crippen molar-refractivity contribution in [3.8, 4) is 11.5 Å². The Labute approximate surface area is 155 Å². The summed E-state index contributed by atoms with van der Waals surface area (Å²) < 4.78 is 10.9. The van der Waals surface area contributed by atoms with Crippen molar-refractivity contribution in [3.63, 3.8) is 0 Å². The molecule has 0 aliphatic heterocycles. The first kappa shape index (κ1) is 18.7. The summed E-state index contributed by atoms with van der Waals surface area (Å²) in [6, 6.07) is 11.7. The number of esters is 1. The maximum atomic E-state index is 12.3. The Morgan fingerprint density at radius 3 is 2.76 bits per heavy atom. The standard InChI is InChI=1S/C17H16ClN3O3S/c1-2-23-15-9-11(10-20-21-17(19)25)7-8-14(15)24-16(22)12-5-3-4-6-13(12)18/h3-10H,2H2,1H3,(H3,19,21,25). The van der Waals surface area contributed by atoms with Gasteiger partial charge in [-0.25, -0.2) is 4.79 Å². The lowest BCUT2D eigenvalue weighted by Gasteiger charge is -2.11. The number of hydrazone groups is 1. The van der Waals surface area contributed by atoms with Gasteiger partial charge in [0.2, 0.25) is 0 Å². The van der Waals surface area contributed by atoms with Gasteiger partial charge in [0, 0.05) is 0 Å². The quantitative estimate of drug-likeness (QED) is 0.264. The number of nitrogens with zero attached hydrogens (tertiary/aromatic N) is 1. The fourth-order valence-electron chi connectivity index (χ4n) is 1.91. The fraction of sp³-hybridized carbons (Fsp3) is 0.118. The van der Waals surface area contributed by atoms with Crippen LogP contribution in [-0.4, -0.2) is 23.9 Å². The van der Waals surface area contributed by atoms with E-state index in [2.05, 4.69) is 22.7 Å². The van der Waals surface area contributed by atoms with E-state index in [1.165, 1.54) is 6.21 Å². The lowest BCUT2D eigenvalue weighted by Crippen LogP contribution is -2.23. The summed E-state index contributed by atoms with van der Waals surface area (Å²) in [6.07, 6.45) is 1.52. The van der Waals surface area contributed by atoms with Crippen LogP contribution in [0, 0.1) is 0 Å². The van der Waals surface area contributed by atoms with E-state index < -0.39 is 5.97 Å². The van der Waals surface area contributed by atoms with Gasteiger partial charge >= 0.3 is 5.97 Å². The van der Waals surface area contributed by atoms with Crippen molar-refractivity contribution in [3.05, 3.63) is 58.6 Å². The largest absolute Gasteiger partial charge is 0.490 e. The van der Waals surface area contributed by atoms with Crippen molar-refractivity contribution < 1.29 is 14.3 Å². The third-order valence-corrected chi connectivity index (χ3v) is 3.37. The van der Waals surface area contributed by atoms with Gasteiger partial charge in [0.25, 0.3) is 0 Å². The molecule has 0 saturated carbocycles. The molecule has 0 bridgehead atoms. The molecule has 0 aliphatic carbocycles. The summed E-state index contributed by atoms with van der Waals surface area (Å²) in [5, 5.41) is 4.25. The number of nitrogens with one attached hydrogen (secondary N) is 1. The molecule has 8 heteroatoms. The van der Waals surface area contributed by atoms with Crippen molar-refractivity contribution in [2.75, 3.05) is 6.61 Å². The molecule has 2 aromatic rings. The van der Waals surface area contributed by atoms with Gasteiger partial charge in [-0.3, -0.25) is 5.43 Å². The molecular formula is C17H16ClN3O3S. The van der Waals surface area contributed by atoms with Crippen LogP contribution < -0.4 is 20.6 Å². The van der Waals surface area contributed by atoms with E-state index in [-0.39, 0.29) is 16.4 Å². The van der Waals surface area contributed by atoms with Gasteiger partial charge in [0.15, 0.2) is 16.6 Å². The second-order valence-electron chi connectivity index (χ2n) is 4.74. The first-order chi connectivity index (χ1) is 12.0. The Morgan fingerprint density at radius 2 is 2.08 bits per heavy atom. The van der Waals surface area contributed by atoms with Gasteiger partial charge in [-0.15, -0.1) is 0 Å². The first-order valence-corrected chi connectivity index (χ1v) is 8.12. The summed E-state index contributed by atoms with van der Waals surface area (Å²) in [4.78, 5) is 12.3. The summed E-state index contributed by atoms with van der Waals surface area (Å²) in [5.74, 6) is 0.122. The molecule has 0 radical (unpaired) electrons. The zero-order valence-corrected chi connectivity index (χ0v) is 14.9. The molecular weight excluding hydrogens is 362 g/mol. The van der Waals surface area contributed by atoms with E-state index in [0.29, 0.717) is 22.9 Å². The predicted octanol–water partition coefficient (Wildman–Crippen LogP) is 3.13. The maximum Gasteiger partial charge on any atom is 0.345 e. The van der Waals surface area contributed by atoms with Crippen molar-refractivity contribution in [2.45, 2.75) is 6.92 Å². The number of halogens is 1. The zero-order valence-electron chi connectivity index (χ0n) is 13.4. The third-order valence-electron chi connectivity index (χ3n) is 2.95. The molecule has 6 nitrogen and oxygen atoms in total. The minimum Gasteiger partial charge on any atom is -0.490 e. The molecule has 0 aliphatic rings. The molecule has 0 spiro atoms. The Morgan fingerprint density at radius 1 is 1.32 bits per heavy atom. The molecule has 0 aromatic heterocycles. The molecule has 3 N–H and O–H groups in total. The number of carbonyl (C=O) groups is 1. The number of carbonyl (C=O) groups excluding carboxylic acids is 1. The number of thiocarbonyl (C=S) groups is 1. The molecule has 2 aromatic carbocycles. The Hall–Kier alpha value is -2.64. The third kappa shape index (κ3) is 5.44. The van der Waals surface area contributed by atoms with Crippen LogP contribution in [-0.2, 0) is 0 Å². The van der Waals surface area contributed by atoms with Gasteiger partial charge in [0.05, 0.1) is 23.4 Å². The van der Waals surface area contributed by atoms with Crippen LogP contribution in [0.2, 0.25) is 5.02 Å². The van der Waals surface area contributed by atoms with Crippen molar-refractivity contribution >= 4 is 41.1 Å². The van der Waals surface area contributed by atoms with E-state index in [9.17, 15) is 4.79 Å². The Bertz CT molecular complexity index is 811. The minimum absolute atomic E-state index is 0.0616. The monoisotopic (exact) mass is 377 g/mol. The van der Waals surface area contributed by atoms with Crippen LogP contribution in [0.5, 0.6) is 11.5 Å². The van der Waals surface area contributed by atoms with Gasteiger partial charge in [-0.2, -0.15) is 5.10 Å².